The first-order valence-corrected chi connectivity index (χ1v) is 8.17. The highest BCUT2D eigenvalue weighted by Gasteiger charge is 2.35. The first-order valence-electron chi connectivity index (χ1n) is 6.31. The molecule has 2 heterocycles. The molecule has 7 nitrogen and oxygen atoms in total. The third-order valence-electron chi connectivity index (χ3n) is 3.45. The predicted molar refractivity (Wildman–Crippen MR) is 75.3 cm³/mol. The van der Waals surface area contributed by atoms with Gasteiger partial charge in [0.05, 0.1) is 23.4 Å². The van der Waals surface area contributed by atoms with Gasteiger partial charge in [0.15, 0.2) is 5.03 Å². The van der Waals surface area contributed by atoms with Crippen LogP contribution in [0.4, 0.5) is 0 Å². The Balaban J connectivity index is 2.13. The molecule has 0 bridgehead atoms. The molecule has 1 saturated heterocycles. The van der Waals surface area contributed by atoms with E-state index in [2.05, 4.69) is 15.1 Å². The Labute approximate surface area is 123 Å². The number of aryl methyl sites for hydroxylation is 1. The molecule has 9 heteroatoms. The topological polar surface area (TPSA) is 85.2 Å². The Hall–Kier alpha value is -0.670. The van der Waals surface area contributed by atoms with E-state index in [0.717, 1.165) is 19.4 Å². The number of sulfonamides is 1. The van der Waals surface area contributed by atoms with Crippen LogP contribution in [0.15, 0.2) is 11.2 Å². The van der Waals surface area contributed by atoms with Crippen LogP contribution in [0.2, 0.25) is 5.02 Å². The van der Waals surface area contributed by atoms with Crippen molar-refractivity contribution in [3.05, 3.63) is 11.2 Å². The van der Waals surface area contributed by atoms with Crippen molar-refractivity contribution in [1.29, 1.82) is 0 Å². The summed E-state index contributed by atoms with van der Waals surface area (Å²) in [5.41, 5.74) is -0.354. The molecule has 0 radical (unpaired) electrons. The van der Waals surface area contributed by atoms with Gasteiger partial charge in [-0.05, 0) is 19.4 Å². The second-order valence-electron chi connectivity index (χ2n) is 4.99. The molecule has 1 aromatic heterocycles. The Morgan fingerprint density at radius 1 is 1.65 bits per heavy atom. The van der Waals surface area contributed by atoms with Crippen LogP contribution in [0.1, 0.15) is 12.8 Å². The fourth-order valence-corrected chi connectivity index (χ4v) is 4.25. The molecule has 1 fully saturated rings. The van der Waals surface area contributed by atoms with Gasteiger partial charge in [-0.25, -0.2) is 13.1 Å². The van der Waals surface area contributed by atoms with E-state index in [9.17, 15) is 8.42 Å². The lowest BCUT2D eigenvalue weighted by Gasteiger charge is -2.28. The highest BCUT2D eigenvalue weighted by atomic mass is 35.5. The van der Waals surface area contributed by atoms with Gasteiger partial charge in [0, 0.05) is 20.7 Å². The summed E-state index contributed by atoms with van der Waals surface area (Å²) >= 11 is 5.88. The molecule has 0 amide bonds. The molecule has 1 aliphatic heterocycles. The molecule has 114 valence electrons. The zero-order valence-corrected chi connectivity index (χ0v) is 13.1. The van der Waals surface area contributed by atoms with Gasteiger partial charge in [-0.1, -0.05) is 11.6 Å². The maximum atomic E-state index is 12.3. The maximum Gasteiger partial charge on any atom is 0.259 e. The summed E-state index contributed by atoms with van der Waals surface area (Å²) < 4.78 is 33.7. The van der Waals surface area contributed by atoms with Crippen LogP contribution in [0, 0.1) is 0 Å². The van der Waals surface area contributed by atoms with Crippen molar-refractivity contribution in [2.45, 2.75) is 23.4 Å². The quantitative estimate of drug-likeness (QED) is 0.777. The molecule has 1 aliphatic rings. The molecule has 2 rings (SSSR count). The summed E-state index contributed by atoms with van der Waals surface area (Å²) in [6.07, 6.45) is 3.18. The predicted octanol–water partition coefficient (Wildman–Crippen LogP) is 0.120. The minimum Gasteiger partial charge on any atom is -0.383 e. The smallest absolute Gasteiger partial charge is 0.259 e. The summed E-state index contributed by atoms with van der Waals surface area (Å²) in [6.45, 7) is 1.57. The van der Waals surface area contributed by atoms with Crippen molar-refractivity contribution in [1.82, 2.24) is 19.8 Å². The van der Waals surface area contributed by atoms with Crippen LogP contribution >= 0.6 is 11.6 Å². The number of hydrogen-bond acceptors (Lipinski definition) is 5. The number of nitrogens with one attached hydrogen (secondary N) is 2. The molecule has 20 heavy (non-hydrogen) atoms. The SMILES string of the molecule is COCC1(CNS(=O)(=O)c2c(Cl)cnn2C)CCCN1. The van der Waals surface area contributed by atoms with Gasteiger partial charge in [0.1, 0.15) is 0 Å². The summed E-state index contributed by atoms with van der Waals surface area (Å²) in [6, 6.07) is 0. The molecule has 2 N–H and O–H groups in total. The number of methoxy groups -OCH3 is 1. The molecule has 1 aromatic rings. The minimum atomic E-state index is -3.70. The van der Waals surface area contributed by atoms with Crippen molar-refractivity contribution >= 4 is 21.6 Å². The van der Waals surface area contributed by atoms with Crippen molar-refractivity contribution < 1.29 is 13.2 Å². The Bertz CT molecular complexity index is 547. The Kier molecular flexibility index (Phi) is 4.70. The lowest BCUT2D eigenvalue weighted by molar-refractivity contribution is 0.122. The molecule has 1 unspecified atom stereocenters. The number of ether oxygens (including phenoxy) is 1. The van der Waals surface area contributed by atoms with E-state index < -0.39 is 10.0 Å². The molecule has 0 spiro atoms. The fourth-order valence-electron chi connectivity index (χ4n) is 2.47. The van der Waals surface area contributed by atoms with Crippen LogP contribution < -0.4 is 10.0 Å². The van der Waals surface area contributed by atoms with Gasteiger partial charge < -0.3 is 10.1 Å². The van der Waals surface area contributed by atoms with E-state index >= 15 is 0 Å². The standard InChI is InChI=1S/C11H19ClN4O3S/c1-16-10(9(12)6-14-16)20(17,18)15-7-11(8-19-2)4-3-5-13-11/h6,13,15H,3-5,7-8H2,1-2H3. The normalized spacial score (nSPS) is 23.4. The van der Waals surface area contributed by atoms with Crippen LogP contribution in [-0.2, 0) is 21.8 Å². The largest absolute Gasteiger partial charge is 0.383 e. The van der Waals surface area contributed by atoms with Gasteiger partial charge in [-0.3, -0.25) is 4.68 Å². The molecular weight excluding hydrogens is 304 g/mol. The van der Waals surface area contributed by atoms with Gasteiger partial charge in [0.25, 0.3) is 10.0 Å². The Morgan fingerprint density at radius 3 is 2.90 bits per heavy atom. The van der Waals surface area contributed by atoms with Crippen molar-refractivity contribution in [3.63, 3.8) is 0 Å². The second-order valence-corrected chi connectivity index (χ2v) is 7.08. The third kappa shape index (κ3) is 3.15. The number of halogens is 1. The van der Waals surface area contributed by atoms with Crippen molar-refractivity contribution in [2.75, 3.05) is 26.8 Å². The van der Waals surface area contributed by atoms with E-state index in [4.69, 9.17) is 16.3 Å². The zero-order chi connectivity index (χ0) is 14.8. The summed E-state index contributed by atoms with van der Waals surface area (Å²) in [5, 5.41) is 7.24. The summed E-state index contributed by atoms with van der Waals surface area (Å²) in [7, 11) is -0.553. The highest BCUT2D eigenvalue weighted by Crippen LogP contribution is 2.22. The van der Waals surface area contributed by atoms with E-state index in [1.54, 1.807) is 14.2 Å². The average molecular weight is 323 g/mol. The fraction of sp³-hybridized carbons (Fsp3) is 0.727. The van der Waals surface area contributed by atoms with Crippen molar-refractivity contribution in [2.24, 2.45) is 7.05 Å². The van der Waals surface area contributed by atoms with Crippen LogP contribution in [0.5, 0.6) is 0 Å². The first kappa shape index (κ1) is 15.7. The van der Waals surface area contributed by atoms with Crippen molar-refractivity contribution in [3.8, 4) is 0 Å². The lowest BCUT2D eigenvalue weighted by atomic mass is 9.99. The maximum absolute atomic E-state index is 12.3. The number of nitrogens with zero attached hydrogens (tertiary/aromatic N) is 2. The molecule has 0 aromatic carbocycles. The Morgan fingerprint density at radius 2 is 2.40 bits per heavy atom. The average Bonchev–Trinajstić information content (AvgIpc) is 2.96. The monoisotopic (exact) mass is 322 g/mol. The van der Waals surface area contributed by atoms with Gasteiger partial charge in [-0.2, -0.15) is 5.10 Å². The van der Waals surface area contributed by atoms with E-state index in [0.29, 0.717) is 6.61 Å². The number of rotatable bonds is 6. The highest BCUT2D eigenvalue weighted by molar-refractivity contribution is 7.89. The molecule has 0 aliphatic carbocycles. The first-order chi connectivity index (χ1) is 9.40. The van der Waals surface area contributed by atoms with Gasteiger partial charge in [0.2, 0.25) is 0 Å². The number of aromatic nitrogens is 2. The third-order valence-corrected chi connectivity index (χ3v) is 5.36. The number of hydrogen-bond donors (Lipinski definition) is 2. The zero-order valence-electron chi connectivity index (χ0n) is 11.5. The van der Waals surface area contributed by atoms with E-state index in [-0.39, 0.29) is 22.1 Å². The molecular formula is C11H19ClN4O3S. The van der Waals surface area contributed by atoms with Crippen LogP contribution in [0.25, 0.3) is 0 Å². The summed E-state index contributed by atoms with van der Waals surface area (Å²) in [5.74, 6) is 0. The second kappa shape index (κ2) is 5.98. The van der Waals surface area contributed by atoms with E-state index in [1.165, 1.54) is 10.9 Å². The molecule has 1 atom stereocenters. The lowest BCUT2D eigenvalue weighted by Crippen LogP contribution is -2.53. The van der Waals surface area contributed by atoms with Gasteiger partial charge >= 0.3 is 0 Å². The van der Waals surface area contributed by atoms with Crippen LogP contribution in [0.3, 0.4) is 0 Å². The van der Waals surface area contributed by atoms with Crippen LogP contribution in [-0.4, -0.2) is 50.5 Å². The minimum absolute atomic E-state index is 0.0234. The van der Waals surface area contributed by atoms with Gasteiger partial charge in [-0.15, -0.1) is 0 Å². The summed E-state index contributed by atoms with van der Waals surface area (Å²) in [4.78, 5) is 0. The van der Waals surface area contributed by atoms with E-state index in [1.807, 2.05) is 0 Å². The molecule has 0 saturated carbocycles.